The predicted octanol–water partition coefficient (Wildman–Crippen LogP) is 0.476. The summed E-state index contributed by atoms with van der Waals surface area (Å²) in [5.74, 6) is 5.40. The zero-order valence-corrected chi connectivity index (χ0v) is 11.8. The van der Waals surface area contributed by atoms with E-state index in [0.717, 1.165) is 0 Å². The molecule has 0 radical (unpaired) electrons. The summed E-state index contributed by atoms with van der Waals surface area (Å²) in [6.45, 7) is 0. The molecule has 1 aromatic heterocycles. The first-order chi connectivity index (χ1) is 8.96. The summed E-state index contributed by atoms with van der Waals surface area (Å²) in [6.07, 6.45) is 2.66. The van der Waals surface area contributed by atoms with Gasteiger partial charge in [-0.05, 0) is 18.9 Å². The van der Waals surface area contributed by atoms with E-state index < -0.39 is 10.0 Å². The number of hydrogen-bond donors (Lipinski definition) is 3. The number of rotatable bonds is 5. The highest BCUT2D eigenvalue weighted by Gasteiger charge is 2.32. The molecule has 19 heavy (non-hydrogen) atoms. The highest BCUT2D eigenvalue weighted by atomic mass is 35.5. The number of hydrogen-bond acceptors (Lipinski definition) is 6. The van der Waals surface area contributed by atoms with Crippen LogP contribution in [0, 0.1) is 0 Å². The molecule has 9 heteroatoms. The van der Waals surface area contributed by atoms with Crippen LogP contribution in [-0.4, -0.2) is 32.7 Å². The molecule has 1 saturated carbocycles. The number of anilines is 1. The molecule has 1 aliphatic carbocycles. The maximum Gasteiger partial charge on any atom is 0.242 e. The highest BCUT2D eigenvalue weighted by molar-refractivity contribution is 7.89. The number of hydrazine groups is 1. The van der Waals surface area contributed by atoms with Crippen molar-refractivity contribution in [2.45, 2.75) is 29.9 Å². The number of pyridine rings is 1. The van der Waals surface area contributed by atoms with E-state index in [-0.39, 0.29) is 27.9 Å². The fraction of sp³-hybridized carbons (Fsp3) is 0.500. The Morgan fingerprint density at radius 2 is 2.21 bits per heavy atom. The van der Waals surface area contributed by atoms with Crippen LogP contribution in [0.25, 0.3) is 0 Å². The number of ether oxygens (including phenoxy) is 1. The Hall–Kier alpha value is -0.930. The fourth-order valence-electron chi connectivity index (χ4n) is 1.82. The zero-order valence-electron chi connectivity index (χ0n) is 10.3. The lowest BCUT2D eigenvalue weighted by molar-refractivity contribution is 0.0236. The molecule has 0 unspecified atom stereocenters. The summed E-state index contributed by atoms with van der Waals surface area (Å²) in [7, 11) is -2.01. The molecule has 1 aromatic rings. The molecule has 0 atom stereocenters. The summed E-state index contributed by atoms with van der Waals surface area (Å²) in [5, 5.41) is 0.147. The van der Waals surface area contributed by atoms with Gasteiger partial charge in [-0.3, -0.25) is 0 Å². The Morgan fingerprint density at radius 1 is 1.53 bits per heavy atom. The minimum absolute atomic E-state index is 0.0115. The monoisotopic (exact) mass is 306 g/mol. The molecule has 1 heterocycles. The van der Waals surface area contributed by atoms with Crippen molar-refractivity contribution in [2.24, 2.45) is 5.84 Å². The van der Waals surface area contributed by atoms with E-state index in [4.69, 9.17) is 22.2 Å². The second-order valence-electron chi connectivity index (χ2n) is 4.29. The SMILES string of the molecule is COC1CC(NS(=O)(=O)c2cnc(NN)c(Cl)c2)C1. The molecule has 0 amide bonds. The van der Waals surface area contributed by atoms with Crippen molar-refractivity contribution in [1.29, 1.82) is 0 Å². The smallest absolute Gasteiger partial charge is 0.242 e. The molecule has 2 rings (SSSR count). The van der Waals surface area contributed by atoms with Crippen molar-refractivity contribution in [3.05, 3.63) is 17.3 Å². The van der Waals surface area contributed by atoms with Gasteiger partial charge in [0.05, 0.1) is 11.1 Å². The lowest BCUT2D eigenvalue weighted by atomic mass is 9.90. The lowest BCUT2D eigenvalue weighted by Gasteiger charge is -2.34. The number of halogens is 1. The highest BCUT2D eigenvalue weighted by Crippen LogP contribution is 2.26. The number of nitrogens with one attached hydrogen (secondary N) is 2. The third-order valence-corrected chi connectivity index (χ3v) is 4.79. The van der Waals surface area contributed by atoms with E-state index in [1.807, 2.05) is 0 Å². The number of methoxy groups -OCH3 is 1. The van der Waals surface area contributed by atoms with Gasteiger partial charge in [-0.2, -0.15) is 0 Å². The van der Waals surface area contributed by atoms with Gasteiger partial charge in [0.1, 0.15) is 4.90 Å². The Morgan fingerprint density at radius 3 is 2.74 bits per heavy atom. The summed E-state index contributed by atoms with van der Waals surface area (Å²) >= 11 is 5.85. The van der Waals surface area contributed by atoms with E-state index in [1.165, 1.54) is 12.3 Å². The Balaban J connectivity index is 2.09. The van der Waals surface area contributed by atoms with Gasteiger partial charge in [-0.15, -0.1) is 0 Å². The molecule has 0 saturated heterocycles. The van der Waals surface area contributed by atoms with E-state index in [1.54, 1.807) is 7.11 Å². The van der Waals surface area contributed by atoms with Crippen molar-refractivity contribution in [2.75, 3.05) is 12.5 Å². The summed E-state index contributed by atoms with van der Waals surface area (Å²) in [4.78, 5) is 3.84. The minimum atomic E-state index is -3.62. The summed E-state index contributed by atoms with van der Waals surface area (Å²) in [5.41, 5.74) is 2.28. The van der Waals surface area contributed by atoms with Crippen LogP contribution in [0.4, 0.5) is 5.82 Å². The third-order valence-electron chi connectivity index (χ3n) is 3.01. The van der Waals surface area contributed by atoms with Gasteiger partial charge in [-0.1, -0.05) is 11.6 Å². The molecule has 1 aliphatic rings. The first-order valence-corrected chi connectivity index (χ1v) is 7.49. The van der Waals surface area contributed by atoms with Gasteiger partial charge in [0.25, 0.3) is 0 Å². The molecule has 106 valence electrons. The van der Waals surface area contributed by atoms with Gasteiger partial charge in [0, 0.05) is 19.3 Å². The van der Waals surface area contributed by atoms with Crippen LogP contribution < -0.4 is 16.0 Å². The molecule has 0 bridgehead atoms. The van der Waals surface area contributed by atoms with Gasteiger partial charge in [0.2, 0.25) is 10.0 Å². The predicted molar refractivity (Wildman–Crippen MR) is 71.2 cm³/mol. The van der Waals surface area contributed by atoms with Crippen molar-refractivity contribution >= 4 is 27.4 Å². The molecule has 0 spiro atoms. The van der Waals surface area contributed by atoms with Crippen LogP contribution in [-0.2, 0) is 14.8 Å². The third kappa shape index (κ3) is 3.15. The largest absolute Gasteiger partial charge is 0.381 e. The average molecular weight is 307 g/mol. The maximum absolute atomic E-state index is 12.1. The molecule has 0 aliphatic heterocycles. The van der Waals surface area contributed by atoms with Crippen LogP contribution >= 0.6 is 11.6 Å². The topological polar surface area (TPSA) is 106 Å². The second-order valence-corrected chi connectivity index (χ2v) is 6.41. The Kier molecular flexibility index (Phi) is 4.26. The molecular formula is C10H15ClN4O3S. The summed E-state index contributed by atoms with van der Waals surface area (Å²) in [6, 6.07) is 1.19. The number of nitrogens with zero attached hydrogens (tertiary/aromatic N) is 1. The molecule has 0 aromatic carbocycles. The second kappa shape index (κ2) is 5.59. The van der Waals surface area contributed by atoms with Gasteiger partial charge >= 0.3 is 0 Å². The van der Waals surface area contributed by atoms with Crippen molar-refractivity contribution < 1.29 is 13.2 Å². The first kappa shape index (κ1) is 14.5. The van der Waals surface area contributed by atoms with Gasteiger partial charge in [-0.25, -0.2) is 24.0 Å². The summed E-state index contributed by atoms with van der Waals surface area (Å²) < 4.78 is 31.8. The standard InChI is InChI=1S/C10H15ClN4O3S/c1-18-7-2-6(3-7)15-19(16,17)8-4-9(11)10(14-12)13-5-8/h4-7,15H,2-3,12H2,1H3,(H,13,14). The Bertz CT molecular complexity index is 560. The quantitative estimate of drug-likeness (QED) is 0.539. The van der Waals surface area contributed by atoms with Crippen LogP contribution in [0.3, 0.4) is 0 Å². The van der Waals surface area contributed by atoms with Crippen LogP contribution in [0.2, 0.25) is 5.02 Å². The van der Waals surface area contributed by atoms with Crippen molar-refractivity contribution in [3.63, 3.8) is 0 Å². The van der Waals surface area contributed by atoms with E-state index >= 15 is 0 Å². The van der Waals surface area contributed by atoms with Crippen LogP contribution in [0.15, 0.2) is 17.2 Å². The maximum atomic E-state index is 12.1. The van der Waals surface area contributed by atoms with Gasteiger partial charge in [0.15, 0.2) is 5.82 Å². The first-order valence-electron chi connectivity index (χ1n) is 5.63. The number of nitrogens with two attached hydrogens (primary N) is 1. The van der Waals surface area contributed by atoms with Gasteiger partial charge < -0.3 is 10.2 Å². The number of aromatic nitrogens is 1. The number of nitrogen functional groups attached to an aromatic ring is 1. The normalized spacial score (nSPS) is 22.9. The lowest BCUT2D eigenvalue weighted by Crippen LogP contribution is -2.47. The van der Waals surface area contributed by atoms with E-state index in [9.17, 15) is 8.42 Å². The minimum Gasteiger partial charge on any atom is -0.381 e. The Labute approximate surface area is 116 Å². The molecular weight excluding hydrogens is 292 g/mol. The fourth-order valence-corrected chi connectivity index (χ4v) is 3.33. The van der Waals surface area contributed by atoms with Crippen molar-refractivity contribution in [3.8, 4) is 0 Å². The number of sulfonamides is 1. The van der Waals surface area contributed by atoms with Crippen molar-refractivity contribution in [1.82, 2.24) is 9.71 Å². The van der Waals surface area contributed by atoms with Crippen LogP contribution in [0.5, 0.6) is 0 Å². The zero-order chi connectivity index (χ0) is 14.0. The van der Waals surface area contributed by atoms with E-state index in [2.05, 4.69) is 15.1 Å². The van der Waals surface area contributed by atoms with Crippen LogP contribution in [0.1, 0.15) is 12.8 Å². The van der Waals surface area contributed by atoms with E-state index in [0.29, 0.717) is 12.8 Å². The molecule has 7 nitrogen and oxygen atoms in total. The molecule has 4 N–H and O–H groups in total. The molecule has 1 fully saturated rings. The average Bonchev–Trinajstić information content (AvgIpc) is 2.33.